The Morgan fingerprint density at radius 1 is 1.22 bits per heavy atom. The van der Waals surface area contributed by atoms with Gasteiger partial charge in [0.25, 0.3) is 5.91 Å². The number of hydrogen-bond donors (Lipinski definition) is 3. The quantitative estimate of drug-likeness (QED) is 0.812. The highest BCUT2D eigenvalue weighted by Gasteiger charge is 2.27. The van der Waals surface area contributed by atoms with Crippen molar-refractivity contribution < 1.29 is 9.18 Å². The predicted octanol–water partition coefficient (Wildman–Crippen LogP) is 2.94. The van der Waals surface area contributed by atoms with Crippen LogP contribution in [0.1, 0.15) is 30.1 Å². The van der Waals surface area contributed by atoms with Crippen LogP contribution in [-0.4, -0.2) is 30.5 Å². The Morgan fingerprint density at radius 3 is 2.61 bits per heavy atom. The van der Waals surface area contributed by atoms with Crippen LogP contribution in [0.2, 0.25) is 0 Å². The maximum atomic E-state index is 13.1. The summed E-state index contributed by atoms with van der Waals surface area (Å²) in [5.74, 6) is -0.376. The van der Waals surface area contributed by atoms with Gasteiger partial charge in [-0.25, -0.2) is 4.39 Å². The lowest BCUT2D eigenvalue weighted by Crippen LogP contribution is -2.42. The summed E-state index contributed by atoms with van der Waals surface area (Å²) >= 11 is 0. The molecule has 3 rings (SSSR count). The van der Waals surface area contributed by atoms with E-state index in [0.29, 0.717) is 12.1 Å². The molecule has 1 fully saturated rings. The molecule has 1 aliphatic rings. The summed E-state index contributed by atoms with van der Waals surface area (Å²) in [5.41, 5.74) is 2.35. The van der Waals surface area contributed by atoms with Gasteiger partial charge in [-0.15, -0.1) is 0 Å². The molecule has 1 aliphatic heterocycles. The number of hydrogen-bond acceptors (Lipinski definition) is 2. The van der Waals surface area contributed by atoms with Crippen molar-refractivity contribution >= 4 is 5.91 Å². The van der Waals surface area contributed by atoms with Gasteiger partial charge in [-0.1, -0.05) is 19.1 Å². The van der Waals surface area contributed by atoms with Gasteiger partial charge in [0.2, 0.25) is 0 Å². The maximum absolute atomic E-state index is 13.1. The molecule has 122 valence electrons. The van der Waals surface area contributed by atoms with Gasteiger partial charge in [-0.2, -0.15) is 0 Å². The van der Waals surface area contributed by atoms with E-state index in [1.54, 1.807) is 24.5 Å². The zero-order chi connectivity index (χ0) is 16.3. The fourth-order valence-electron chi connectivity index (χ4n) is 3.02. The lowest BCUT2D eigenvalue weighted by Gasteiger charge is -2.34. The average Bonchev–Trinajstić information content (AvgIpc) is 3.04. The Hall–Kier alpha value is -2.14. The van der Waals surface area contributed by atoms with E-state index in [-0.39, 0.29) is 17.1 Å². The van der Waals surface area contributed by atoms with E-state index in [2.05, 4.69) is 22.5 Å². The first-order valence-electron chi connectivity index (χ1n) is 7.99. The molecule has 0 radical (unpaired) electrons. The number of H-pyrrole nitrogens is 1. The second kappa shape index (κ2) is 6.54. The van der Waals surface area contributed by atoms with Crippen LogP contribution >= 0.6 is 0 Å². The average molecular weight is 315 g/mol. The molecule has 0 unspecified atom stereocenters. The third-order valence-electron chi connectivity index (χ3n) is 4.63. The molecule has 1 aromatic carbocycles. The molecule has 5 heteroatoms. The van der Waals surface area contributed by atoms with Gasteiger partial charge in [-0.05, 0) is 49.0 Å². The summed E-state index contributed by atoms with van der Waals surface area (Å²) in [5, 5.41) is 6.40. The van der Waals surface area contributed by atoms with Crippen molar-refractivity contribution in [2.75, 3.05) is 19.6 Å². The molecule has 0 aliphatic carbocycles. The summed E-state index contributed by atoms with van der Waals surface area (Å²) in [6, 6.07) is 6.17. The van der Waals surface area contributed by atoms with Crippen LogP contribution in [0.25, 0.3) is 11.1 Å². The normalized spacial score (nSPS) is 17.0. The predicted molar refractivity (Wildman–Crippen MR) is 88.7 cm³/mol. The van der Waals surface area contributed by atoms with E-state index in [1.165, 1.54) is 12.1 Å². The number of rotatable bonds is 4. The topological polar surface area (TPSA) is 56.9 Å². The Kier molecular flexibility index (Phi) is 4.48. The number of halogens is 1. The molecule has 3 N–H and O–H groups in total. The van der Waals surface area contributed by atoms with E-state index in [1.807, 2.05) is 0 Å². The third-order valence-corrected chi connectivity index (χ3v) is 4.63. The molecule has 0 saturated carbocycles. The van der Waals surface area contributed by atoms with E-state index >= 15 is 0 Å². The summed E-state index contributed by atoms with van der Waals surface area (Å²) in [7, 11) is 0. The largest absolute Gasteiger partial charge is 0.366 e. The third kappa shape index (κ3) is 3.62. The molecule has 4 nitrogen and oxygen atoms in total. The minimum atomic E-state index is -0.283. The zero-order valence-corrected chi connectivity index (χ0v) is 13.3. The Balaban J connectivity index is 1.71. The van der Waals surface area contributed by atoms with Gasteiger partial charge in [0.05, 0.1) is 5.56 Å². The number of aromatic amines is 1. The van der Waals surface area contributed by atoms with Crippen LogP contribution in [0.15, 0.2) is 36.7 Å². The Labute approximate surface area is 135 Å². The van der Waals surface area contributed by atoms with Crippen molar-refractivity contribution in [1.29, 1.82) is 0 Å². The molecule has 1 saturated heterocycles. The number of carbonyl (C=O) groups excluding carboxylic acids is 1. The summed E-state index contributed by atoms with van der Waals surface area (Å²) in [6.07, 6.45) is 5.59. The van der Waals surface area contributed by atoms with Crippen molar-refractivity contribution in [3.05, 3.63) is 48.0 Å². The maximum Gasteiger partial charge on any atom is 0.253 e. The number of aromatic nitrogens is 1. The van der Waals surface area contributed by atoms with E-state index < -0.39 is 0 Å². The zero-order valence-electron chi connectivity index (χ0n) is 13.3. The lowest BCUT2D eigenvalue weighted by molar-refractivity contribution is 0.0923. The first-order valence-corrected chi connectivity index (χ1v) is 7.99. The minimum Gasteiger partial charge on any atom is -0.366 e. The molecule has 23 heavy (non-hydrogen) atoms. The number of benzene rings is 1. The van der Waals surface area contributed by atoms with Crippen LogP contribution in [0.4, 0.5) is 4.39 Å². The van der Waals surface area contributed by atoms with Crippen LogP contribution < -0.4 is 10.6 Å². The Morgan fingerprint density at radius 2 is 1.91 bits per heavy atom. The molecule has 1 aromatic heterocycles. The minimum absolute atomic E-state index is 0.0923. The summed E-state index contributed by atoms with van der Waals surface area (Å²) in [6.45, 7) is 4.88. The first kappa shape index (κ1) is 15.7. The molecule has 0 bridgehead atoms. The van der Waals surface area contributed by atoms with Crippen molar-refractivity contribution in [1.82, 2.24) is 15.6 Å². The van der Waals surface area contributed by atoms with Crippen LogP contribution in [0.3, 0.4) is 0 Å². The summed E-state index contributed by atoms with van der Waals surface area (Å²) in [4.78, 5) is 15.5. The smallest absolute Gasteiger partial charge is 0.253 e. The summed E-state index contributed by atoms with van der Waals surface area (Å²) < 4.78 is 13.1. The fraction of sp³-hybridized carbons (Fsp3) is 0.389. The number of carbonyl (C=O) groups is 1. The van der Waals surface area contributed by atoms with E-state index in [4.69, 9.17) is 0 Å². The molecule has 1 amide bonds. The number of piperidine rings is 1. The lowest BCUT2D eigenvalue weighted by atomic mass is 9.81. The van der Waals surface area contributed by atoms with Crippen LogP contribution in [0.5, 0.6) is 0 Å². The van der Waals surface area contributed by atoms with Gasteiger partial charge in [0.15, 0.2) is 0 Å². The highest BCUT2D eigenvalue weighted by molar-refractivity contribution is 6.00. The number of amides is 1. The highest BCUT2D eigenvalue weighted by atomic mass is 19.1. The standard InChI is InChI=1S/C18H22FN3O/c1-18(6-8-20-9-7-18)12-22-17(23)16-11-21-10-15(16)13-2-4-14(19)5-3-13/h2-5,10-11,20-21H,6-9,12H2,1H3,(H,22,23). The fourth-order valence-corrected chi connectivity index (χ4v) is 3.02. The van der Waals surface area contributed by atoms with E-state index in [0.717, 1.165) is 37.1 Å². The molecular formula is C18H22FN3O. The monoisotopic (exact) mass is 315 g/mol. The Bertz CT molecular complexity index is 672. The van der Waals surface area contributed by atoms with Crippen molar-refractivity contribution in [2.45, 2.75) is 19.8 Å². The van der Waals surface area contributed by atoms with E-state index in [9.17, 15) is 9.18 Å². The number of nitrogens with one attached hydrogen (secondary N) is 3. The molecule has 2 aromatic rings. The second-order valence-electron chi connectivity index (χ2n) is 6.53. The van der Waals surface area contributed by atoms with Crippen LogP contribution in [-0.2, 0) is 0 Å². The molecular weight excluding hydrogens is 293 g/mol. The van der Waals surface area contributed by atoms with Gasteiger partial charge < -0.3 is 15.6 Å². The van der Waals surface area contributed by atoms with Crippen molar-refractivity contribution in [3.8, 4) is 11.1 Å². The molecule has 0 spiro atoms. The van der Waals surface area contributed by atoms with Gasteiger partial charge in [0, 0.05) is 24.5 Å². The van der Waals surface area contributed by atoms with Gasteiger partial charge in [-0.3, -0.25) is 4.79 Å². The van der Waals surface area contributed by atoms with Crippen LogP contribution in [0, 0.1) is 11.2 Å². The first-order chi connectivity index (χ1) is 11.1. The SMILES string of the molecule is CC1(CNC(=O)c2c[nH]cc2-c2ccc(F)cc2)CCNCC1. The molecule has 2 heterocycles. The second-order valence-corrected chi connectivity index (χ2v) is 6.53. The molecule has 0 atom stereocenters. The highest BCUT2D eigenvalue weighted by Crippen LogP contribution is 2.28. The van der Waals surface area contributed by atoms with Crippen molar-refractivity contribution in [3.63, 3.8) is 0 Å². The van der Waals surface area contributed by atoms with Crippen molar-refractivity contribution in [2.24, 2.45) is 5.41 Å². The van der Waals surface area contributed by atoms with Gasteiger partial charge in [0.1, 0.15) is 5.82 Å². The van der Waals surface area contributed by atoms with Gasteiger partial charge >= 0.3 is 0 Å².